The average molecular weight is 463 g/mol. The number of rotatable bonds is 10. The highest BCUT2D eigenvalue weighted by Gasteiger charge is 2.19. The number of phenolic OH excluding ortho intramolecular Hbond substituents is 1. The molecule has 0 spiro atoms. The van der Waals surface area contributed by atoms with Crippen LogP contribution < -0.4 is 10.2 Å². The van der Waals surface area contributed by atoms with Gasteiger partial charge in [0.25, 0.3) is 5.95 Å². The van der Waals surface area contributed by atoms with E-state index in [9.17, 15) is 15.2 Å². The highest BCUT2D eigenvalue weighted by atomic mass is 16.6. The van der Waals surface area contributed by atoms with Gasteiger partial charge in [0.1, 0.15) is 5.52 Å². The van der Waals surface area contributed by atoms with Gasteiger partial charge in [-0.3, -0.25) is 10.1 Å². The Labute approximate surface area is 195 Å². The van der Waals surface area contributed by atoms with Gasteiger partial charge in [0.15, 0.2) is 11.4 Å². The zero-order valence-corrected chi connectivity index (χ0v) is 18.9. The zero-order valence-electron chi connectivity index (χ0n) is 18.9. The van der Waals surface area contributed by atoms with E-state index in [4.69, 9.17) is 4.74 Å². The fraction of sp³-hybridized carbons (Fsp3) is 0.304. The minimum atomic E-state index is -0.692. The minimum Gasteiger partial charge on any atom is -0.500 e. The van der Waals surface area contributed by atoms with Gasteiger partial charge in [0.05, 0.1) is 23.8 Å². The van der Waals surface area contributed by atoms with E-state index in [0.29, 0.717) is 11.2 Å². The molecule has 11 nitrogen and oxygen atoms in total. The lowest BCUT2D eigenvalue weighted by atomic mass is 10.2. The topological polar surface area (TPSA) is 141 Å². The number of aromatic nitrogens is 4. The molecular weight excluding hydrogens is 438 g/mol. The number of anilines is 1. The number of hydrogen-bond acceptors (Lipinski definition) is 9. The van der Waals surface area contributed by atoms with Crippen molar-refractivity contribution in [1.29, 1.82) is 0 Å². The van der Waals surface area contributed by atoms with Crippen molar-refractivity contribution >= 4 is 39.9 Å². The van der Waals surface area contributed by atoms with Crippen LogP contribution in [0.5, 0.6) is 11.5 Å². The van der Waals surface area contributed by atoms with Gasteiger partial charge in [-0.25, -0.2) is 5.43 Å². The Kier molecular flexibility index (Phi) is 6.81. The van der Waals surface area contributed by atoms with E-state index < -0.39 is 16.4 Å². The van der Waals surface area contributed by atoms with Crippen molar-refractivity contribution in [1.82, 2.24) is 19.7 Å². The summed E-state index contributed by atoms with van der Waals surface area (Å²) >= 11 is 0. The largest absolute Gasteiger partial charge is 0.500 e. The van der Waals surface area contributed by atoms with Gasteiger partial charge in [-0.2, -0.15) is 10.1 Å². The van der Waals surface area contributed by atoms with Gasteiger partial charge >= 0.3 is 5.69 Å². The summed E-state index contributed by atoms with van der Waals surface area (Å²) in [6.07, 6.45) is 5.88. The third kappa shape index (κ3) is 4.58. The second-order valence-electron chi connectivity index (χ2n) is 7.76. The van der Waals surface area contributed by atoms with Crippen LogP contribution in [0.1, 0.15) is 38.2 Å². The molecule has 2 heterocycles. The molecular formula is C23H25N7O4. The lowest BCUT2D eigenvalue weighted by Crippen LogP contribution is -2.03. The van der Waals surface area contributed by atoms with Crippen LogP contribution in [0, 0.1) is 10.1 Å². The summed E-state index contributed by atoms with van der Waals surface area (Å²) in [6.45, 7) is 3.00. The van der Waals surface area contributed by atoms with Gasteiger partial charge in [0.2, 0.25) is 5.75 Å². The zero-order chi connectivity index (χ0) is 24.1. The molecule has 4 aromatic rings. The highest BCUT2D eigenvalue weighted by Crippen LogP contribution is 2.36. The molecule has 0 amide bonds. The lowest BCUT2D eigenvalue weighted by Gasteiger charge is -2.07. The van der Waals surface area contributed by atoms with Crippen LogP contribution in [-0.2, 0) is 6.54 Å². The lowest BCUT2D eigenvalue weighted by molar-refractivity contribution is -0.386. The molecule has 0 radical (unpaired) electrons. The molecule has 0 bridgehead atoms. The summed E-state index contributed by atoms with van der Waals surface area (Å²) in [6, 6.07) is 10.6. The molecule has 0 atom stereocenters. The normalized spacial score (nSPS) is 11.5. The predicted octanol–water partition coefficient (Wildman–Crippen LogP) is 4.63. The number of hydrogen-bond donors (Lipinski definition) is 2. The molecule has 0 aliphatic heterocycles. The van der Waals surface area contributed by atoms with Gasteiger partial charge in [-0.15, -0.1) is 10.2 Å². The average Bonchev–Trinajstić information content (AvgIpc) is 3.15. The van der Waals surface area contributed by atoms with Crippen molar-refractivity contribution in [3.8, 4) is 11.5 Å². The van der Waals surface area contributed by atoms with Crippen molar-refractivity contribution in [2.24, 2.45) is 5.10 Å². The number of methoxy groups -OCH3 is 1. The van der Waals surface area contributed by atoms with Gasteiger partial charge in [-0.05, 0) is 18.6 Å². The monoisotopic (exact) mass is 463 g/mol. The number of benzene rings is 2. The number of nitro benzene ring substituents is 1. The number of ether oxygens (including phenoxy) is 1. The van der Waals surface area contributed by atoms with Crippen molar-refractivity contribution in [2.75, 3.05) is 12.5 Å². The Hall–Kier alpha value is -4.28. The maximum atomic E-state index is 11.2. The smallest absolute Gasteiger partial charge is 0.315 e. The molecule has 0 unspecified atom stereocenters. The second-order valence-corrected chi connectivity index (χ2v) is 7.76. The van der Waals surface area contributed by atoms with E-state index in [1.165, 1.54) is 38.3 Å². The van der Waals surface area contributed by atoms with Crippen LogP contribution in [0.15, 0.2) is 41.5 Å². The number of nitrogens with zero attached hydrogens (tertiary/aromatic N) is 6. The predicted molar refractivity (Wildman–Crippen MR) is 130 cm³/mol. The number of phenols is 1. The van der Waals surface area contributed by atoms with E-state index in [1.807, 2.05) is 18.2 Å². The second kappa shape index (κ2) is 10.1. The van der Waals surface area contributed by atoms with Gasteiger partial charge < -0.3 is 14.4 Å². The third-order valence-electron chi connectivity index (χ3n) is 5.48. The Morgan fingerprint density at radius 2 is 2.06 bits per heavy atom. The maximum Gasteiger partial charge on any atom is 0.315 e. The van der Waals surface area contributed by atoms with Crippen molar-refractivity contribution in [3.05, 3.63) is 52.1 Å². The standard InChI is InChI=1S/C23H25N7O4/c1-3-4-5-8-11-29-17-10-7-6-9-16(17)20-22(29)25-23(28-26-20)27-24-14-15-12-18(30(32)33)21(31)19(13-15)34-2/h6-7,9-10,12-14,31H,3-5,8,11H2,1-2H3,(H,25,27,28)/b24-14-. The van der Waals surface area contributed by atoms with Crippen molar-refractivity contribution < 1.29 is 14.8 Å². The number of nitrogens with one attached hydrogen (secondary N) is 1. The van der Waals surface area contributed by atoms with Crippen LogP contribution in [0.3, 0.4) is 0 Å². The summed E-state index contributed by atoms with van der Waals surface area (Å²) in [4.78, 5) is 15.1. The molecule has 0 aliphatic rings. The number of hydrazone groups is 1. The fourth-order valence-corrected chi connectivity index (χ4v) is 3.82. The first kappa shape index (κ1) is 22.9. The summed E-state index contributed by atoms with van der Waals surface area (Å²) < 4.78 is 7.16. The van der Waals surface area contributed by atoms with Crippen LogP contribution >= 0.6 is 0 Å². The summed E-state index contributed by atoms with van der Waals surface area (Å²) in [5, 5.41) is 34.7. The van der Waals surface area contributed by atoms with E-state index in [2.05, 4.69) is 43.3 Å². The molecule has 0 saturated carbocycles. The molecule has 2 aromatic carbocycles. The number of aryl methyl sites for hydroxylation is 1. The van der Waals surface area contributed by atoms with E-state index in [1.54, 1.807) is 0 Å². The number of aromatic hydroxyl groups is 1. The molecule has 0 saturated heterocycles. The maximum absolute atomic E-state index is 11.2. The van der Waals surface area contributed by atoms with Gasteiger partial charge in [-0.1, -0.05) is 44.4 Å². The van der Waals surface area contributed by atoms with Crippen molar-refractivity contribution in [3.63, 3.8) is 0 Å². The van der Waals surface area contributed by atoms with Crippen LogP contribution in [0.2, 0.25) is 0 Å². The first-order valence-corrected chi connectivity index (χ1v) is 11.0. The van der Waals surface area contributed by atoms with E-state index in [0.717, 1.165) is 35.8 Å². The molecule has 0 fully saturated rings. The first-order valence-electron chi connectivity index (χ1n) is 11.0. The quantitative estimate of drug-likeness (QED) is 0.150. The van der Waals surface area contributed by atoms with Crippen LogP contribution in [0.4, 0.5) is 11.6 Å². The Bertz CT molecular complexity index is 1370. The van der Waals surface area contributed by atoms with E-state index >= 15 is 0 Å². The number of unbranched alkanes of at least 4 members (excludes halogenated alkanes) is 3. The Balaban J connectivity index is 1.62. The van der Waals surface area contributed by atoms with Crippen LogP contribution in [0.25, 0.3) is 22.1 Å². The SMILES string of the molecule is CCCCCCn1c2ccccc2c2nnc(N/N=C\c3cc(OC)c(O)c([N+](=O)[O-])c3)nc21. The molecule has 4 rings (SSSR count). The minimum absolute atomic E-state index is 0.0254. The number of fused-ring (bicyclic) bond motifs is 3. The summed E-state index contributed by atoms with van der Waals surface area (Å²) in [7, 11) is 1.31. The highest BCUT2D eigenvalue weighted by molar-refractivity contribution is 6.04. The van der Waals surface area contributed by atoms with Gasteiger partial charge in [0, 0.05) is 23.6 Å². The van der Waals surface area contributed by atoms with E-state index in [-0.39, 0.29) is 11.7 Å². The molecule has 34 heavy (non-hydrogen) atoms. The molecule has 176 valence electrons. The Morgan fingerprint density at radius 1 is 1.24 bits per heavy atom. The number of para-hydroxylation sites is 1. The molecule has 11 heteroatoms. The fourth-order valence-electron chi connectivity index (χ4n) is 3.82. The molecule has 2 aromatic heterocycles. The summed E-state index contributed by atoms with van der Waals surface area (Å²) in [5.41, 5.74) is 5.10. The Morgan fingerprint density at radius 3 is 2.82 bits per heavy atom. The number of nitro groups is 1. The third-order valence-corrected chi connectivity index (χ3v) is 5.48. The molecule has 2 N–H and O–H groups in total. The summed E-state index contributed by atoms with van der Waals surface area (Å²) in [5.74, 6) is -0.369. The van der Waals surface area contributed by atoms with Crippen LogP contribution in [-0.4, -0.2) is 43.1 Å². The van der Waals surface area contributed by atoms with Crippen molar-refractivity contribution in [2.45, 2.75) is 39.2 Å². The first-order chi connectivity index (χ1) is 16.5. The molecule has 0 aliphatic carbocycles.